The highest BCUT2D eigenvalue weighted by Gasteiger charge is 2.77. The molecule has 1 N–H and O–H groups in total. The number of fused-ring (bicyclic) bond motifs is 7. The molecule has 0 aromatic heterocycles. The number of rotatable bonds is 2. The van der Waals surface area contributed by atoms with Crippen LogP contribution >= 0.6 is 0 Å². The molecule has 8 atom stereocenters. The van der Waals surface area contributed by atoms with Crippen molar-refractivity contribution < 1.29 is 33.4 Å². The van der Waals surface area contributed by atoms with Crippen molar-refractivity contribution >= 4 is 17.3 Å². The Morgan fingerprint density at radius 1 is 1.23 bits per heavy atom. The van der Waals surface area contributed by atoms with Crippen LogP contribution < -0.4 is 0 Å². The summed E-state index contributed by atoms with van der Waals surface area (Å²) in [5.74, 6) is -2.36. The van der Waals surface area contributed by atoms with Crippen LogP contribution in [-0.4, -0.2) is 52.7 Å². The Labute approximate surface area is 181 Å². The Kier molecular flexibility index (Phi) is 4.37. The van der Waals surface area contributed by atoms with Gasteiger partial charge in [0.2, 0.25) is 0 Å². The molecule has 3 saturated carbocycles. The van der Waals surface area contributed by atoms with Gasteiger partial charge in [-0.3, -0.25) is 14.4 Å². The predicted octanol–water partition coefficient (Wildman–Crippen LogP) is 2.71. The van der Waals surface area contributed by atoms with Crippen LogP contribution in [-0.2, 0) is 23.9 Å². The van der Waals surface area contributed by atoms with Crippen molar-refractivity contribution in [2.24, 2.45) is 28.6 Å². The summed E-state index contributed by atoms with van der Waals surface area (Å²) < 4.78 is 27.8. The smallest absolute Gasteiger partial charge is 0.193 e. The van der Waals surface area contributed by atoms with Gasteiger partial charge in [0.25, 0.3) is 0 Å². The van der Waals surface area contributed by atoms with Gasteiger partial charge < -0.3 is 14.6 Å². The highest BCUT2D eigenvalue weighted by Crippen LogP contribution is 2.70. The minimum Gasteiger partial charge on any atom is -0.388 e. The maximum absolute atomic E-state index is 15.4. The first-order valence-electron chi connectivity index (χ1n) is 11.3. The van der Waals surface area contributed by atoms with Gasteiger partial charge in [-0.05, 0) is 56.6 Å². The van der Waals surface area contributed by atoms with Crippen molar-refractivity contribution in [1.82, 2.24) is 0 Å². The number of halogens is 1. The van der Waals surface area contributed by atoms with Gasteiger partial charge in [-0.15, -0.1) is 0 Å². The van der Waals surface area contributed by atoms with E-state index in [1.54, 1.807) is 13.8 Å². The Morgan fingerprint density at radius 3 is 2.61 bits per heavy atom. The van der Waals surface area contributed by atoms with Gasteiger partial charge in [0.1, 0.15) is 18.6 Å². The maximum atomic E-state index is 15.4. The Hall–Kier alpha value is -1.44. The molecule has 0 unspecified atom stereocenters. The summed E-state index contributed by atoms with van der Waals surface area (Å²) in [6.07, 6.45) is 1.12. The quantitative estimate of drug-likeness (QED) is 0.719. The molecule has 0 aromatic carbocycles. The number of ether oxygens (including phenoxy) is 2. The van der Waals surface area contributed by atoms with Gasteiger partial charge in [-0.2, -0.15) is 0 Å². The normalized spacial score (nSPS) is 50.3. The number of carbonyl (C=O) groups is 3. The van der Waals surface area contributed by atoms with Crippen molar-refractivity contribution in [2.45, 2.75) is 83.5 Å². The molecule has 0 spiro atoms. The molecule has 170 valence electrons. The van der Waals surface area contributed by atoms with Crippen LogP contribution in [0.25, 0.3) is 0 Å². The average molecular weight is 435 g/mol. The van der Waals surface area contributed by atoms with E-state index in [4.69, 9.17) is 9.47 Å². The number of hydrogen-bond donors (Lipinski definition) is 1. The van der Waals surface area contributed by atoms with Crippen LogP contribution in [0.15, 0.2) is 11.6 Å². The van der Waals surface area contributed by atoms with E-state index >= 15 is 4.39 Å². The molecular weight excluding hydrogens is 403 g/mol. The first-order chi connectivity index (χ1) is 14.4. The first kappa shape index (κ1) is 21.4. The topological polar surface area (TPSA) is 89.9 Å². The van der Waals surface area contributed by atoms with E-state index in [1.165, 1.54) is 6.08 Å². The van der Waals surface area contributed by atoms with Gasteiger partial charge in [0.15, 0.2) is 23.0 Å². The summed E-state index contributed by atoms with van der Waals surface area (Å²) in [6.45, 7) is 6.59. The molecule has 1 heterocycles. The standard InChI is InChI=1S/C24H31FO6/c1-21(2)30-19-9-14-13-8-16(25)15-7-12(27)5-6-22(15,3)20(13)17(28)10-23(14,4)24(19,31-21)18(29)11-26/h7,13-14,16,19-20,26H,5-6,8-11H2,1-4H3/t13-,14-,16-,19+,20+,22-,23-,24+/m0/s1. The lowest BCUT2D eigenvalue weighted by molar-refractivity contribution is -0.215. The van der Waals surface area contributed by atoms with Crippen LogP contribution in [0.3, 0.4) is 0 Å². The molecule has 0 aromatic rings. The van der Waals surface area contributed by atoms with E-state index in [-0.39, 0.29) is 42.2 Å². The number of Topliss-reactive ketones (excluding diaryl/α,β-unsaturated/α-hetero) is 2. The zero-order valence-electron chi connectivity index (χ0n) is 18.6. The van der Waals surface area contributed by atoms with Gasteiger partial charge in [0, 0.05) is 29.6 Å². The first-order valence-corrected chi connectivity index (χ1v) is 11.3. The summed E-state index contributed by atoms with van der Waals surface area (Å²) in [4.78, 5) is 38.9. The second-order valence-electron chi connectivity index (χ2n) is 11.2. The van der Waals surface area contributed by atoms with Crippen LogP contribution in [0, 0.1) is 28.6 Å². The van der Waals surface area contributed by atoms with Crippen molar-refractivity contribution in [1.29, 1.82) is 0 Å². The number of aliphatic hydroxyl groups excluding tert-OH is 1. The fraction of sp³-hybridized carbons (Fsp3) is 0.792. The molecule has 0 radical (unpaired) electrons. The third-order valence-electron chi connectivity index (χ3n) is 9.18. The second-order valence-corrected chi connectivity index (χ2v) is 11.2. The Bertz CT molecular complexity index is 910. The molecule has 4 aliphatic carbocycles. The predicted molar refractivity (Wildman–Crippen MR) is 108 cm³/mol. The zero-order chi connectivity index (χ0) is 22.6. The SMILES string of the molecule is CC1(C)O[C@@H]2C[C@H]3[C@@H]4C[C@H](F)C5=CC(=O)CC[C@]5(C)[C@H]4C(=O)C[C@]3(C)[C@]2(C(=O)CO)O1. The lowest BCUT2D eigenvalue weighted by Crippen LogP contribution is -2.64. The van der Waals surface area contributed by atoms with E-state index in [0.29, 0.717) is 24.8 Å². The number of hydrogen-bond acceptors (Lipinski definition) is 6. The number of ketones is 3. The second kappa shape index (κ2) is 6.33. The summed E-state index contributed by atoms with van der Waals surface area (Å²) in [6, 6.07) is 0. The fourth-order valence-electron chi connectivity index (χ4n) is 8.11. The highest BCUT2D eigenvalue weighted by atomic mass is 19.1. The Morgan fingerprint density at radius 2 is 1.94 bits per heavy atom. The van der Waals surface area contributed by atoms with Crippen molar-refractivity contribution in [3.63, 3.8) is 0 Å². The van der Waals surface area contributed by atoms with Crippen LogP contribution in [0.1, 0.15) is 59.8 Å². The van der Waals surface area contributed by atoms with E-state index < -0.39 is 46.9 Å². The van der Waals surface area contributed by atoms with Gasteiger partial charge in [-0.1, -0.05) is 13.8 Å². The molecule has 0 amide bonds. The molecule has 31 heavy (non-hydrogen) atoms. The van der Waals surface area contributed by atoms with Crippen LogP contribution in [0.4, 0.5) is 4.39 Å². The Balaban J connectivity index is 1.62. The monoisotopic (exact) mass is 434 g/mol. The van der Waals surface area contributed by atoms with Crippen LogP contribution in [0.2, 0.25) is 0 Å². The lowest BCUT2D eigenvalue weighted by Gasteiger charge is -2.58. The van der Waals surface area contributed by atoms with Gasteiger partial charge >= 0.3 is 0 Å². The van der Waals surface area contributed by atoms with Gasteiger partial charge in [-0.25, -0.2) is 4.39 Å². The zero-order valence-corrected chi connectivity index (χ0v) is 18.6. The van der Waals surface area contributed by atoms with Gasteiger partial charge in [0.05, 0.1) is 6.10 Å². The van der Waals surface area contributed by atoms with Crippen molar-refractivity contribution in [2.75, 3.05) is 6.61 Å². The molecule has 5 aliphatic rings. The third kappa shape index (κ3) is 2.51. The number of aliphatic hydroxyl groups is 1. The van der Waals surface area contributed by atoms with Crippen molar-refractivity contribution in [3.8, 4) is 0 Å². The third-order valence-corrected chi connectivity index (χ3v) is 9.18. The molecule has 7 heteroatoms. The summed E-state index contributed by atoms with van der Waals surface area (Å²) >= 11 is 0. The molecule has 5 rings (SSSR count). The van der Waals surface area contributed by atoms with Crippen LogP contribution in [0.5, 0.6) is 0 Å². The number of alkyl halides is 1. The maximum Gasteiger partial charge on any atom is 0.193 e. The summed E-state index contributed by atoms with van der Waals surface area (Å²) in [5.41, 5.74) is -2.51. The van der Waals surface area contributed by atoms with Crippen molar-refractivity contribution in [3.05, 3.63) is 11.6 Å². The number of carbonyl (C=O) groups excluding carboxylic acids is 3. The summed E-state index contributed by atoms with van der Waals surface area (Å²) in [5, 5.41) is 9.80. The van der Waals surface area contributed by atoms with E-state index in [9.17, 15) is 19.5 Å². The fourth-order valence-corrected chi connectivity index (χ4v) is 8.11. The largest absolute Gasteiger partial charge is 0.388 e. The minimum absolute atomic E-state index is 0.00234. The number of allylic oxidation sites excluding steroid dienone is 1. The van der Waals surface area contributed by atoms with E-state index in [0.717, 1.165) is 0 Å². The summed E-state index contributed by atoms with van der Waals surface area (Å²) in [7, 11) is 0. The molecule has 1 aliphatic heterocycles. The molecule has 4 fully saturated rings. The van der Waals surface area contributed by atoms with E-state index in [2.05, 4.69) is 0 Å². The average Bonchev–Trinajstić information content (AvgIpc) is 3.08. The molecule has 0 bridgehead atoms. The minimum atomic E-state index is -1.41. The molecule has 1 saturated heterocycles. The highest BCUT2D eigenvalue weighted by molar-refractivity contribution is 5.95. The molecule has 6 nitrogen and oxygen atoms in total. The molecular formula is C24H31FO6. The van der Waals surface area contributed by atoms with E-state index in [1.807, 2.05) is 13.8 Å². The lowest BCUT2D eigenvalue weighted by atomic mass is 9.45.